The zero-order valence-electron chi connectivity index (χ0n) is 17.1. The van der Waals surface area contributed by atoms with E-state index < -0.39 is 17.8 Å². The first-order valence-electron chi connectivity index (χ1n) is 9.58. The van der Waals surface area contributed by atoms with Gasteiger partial charge in [-0.15, -0.1) is 11.3 Å². The molecule has 1 aromatic carbocycles. The Morgan fingerprint density at radius 2 is 2.12 bits per heavy atom. The lowest BCUT2D eigenvalue weighted by molar-refractivity contribution is -0.140. The number of halogens is 2. The van der Waals surface area contributed by atoms with Gasteiger partial charge >= 0.3 is 5.97 Å². The van der Waals surface area contributed by atoms with Crippen LogP contribution in [0.2, 0.25) is 5.02 Å². The van der Waals surface area contributed by atoms with Gasteiger partial charge in [0.15, 0.2) is 4.80 Å². The van der Waals surface area contributed by atoms with E-state index in [1.54, 1.807) is 13.0 Å². The van der Waals surface area contributed by atoms with Crippen LogP contribution in [0.3, 0.4) is 0 Å². The number of thiazole rings is 1. The van der Waals surface area contributed by atoms with Crippen molar-refractivity contribution in [2.75, 3.05) is 20.3 Å². The van der Waals surface area contributed by atoms with Crippen molar-refractivity contribution in [3.05, 3.63) is 88.0 Å². The summed E-state index contributed by atoms with van der Waals surface area (Å²) in [5.41, 5.74) is 0.483. The molecule has 0 spiro atoms. The van der Waals surface area contributed by atoms with Crippen molar-refractivity contribution in [3.63, 3.8) is 0 Å². The summed E-state index contributed by atoms with van der Waals surface area (Å²) in [4.78, 5) is 32.0. The number of hydrogen-bond acceptors (Lipinski definition) is 7. The van der Waals surface area contributed by atoms with Gasteiger partial charge in [-0.2, -0.15) is 0 Å². The summed E-state index contributed by atoms with van der Waals surface area (Å²) in [5, 5.41) is 2.07. The van der Waals surface area contributed by atoms with E-state index in [4.69, 9.17) is 21.1 Å². The van der Waals surface area contributed by atoms with Gasteiger partial charge in [-0.3, -0.25) is 9.36 Å². The van der Waals surface area contributed by atoms with Crippen LogP contribution in [0.5, 0.6) is 0 Å². The molecular formula is C22H18ClFN2O4S2. The first-order chi connectivity index (χ1) is 15.4. The highest BCUT2D eigenvalue weighted by Crippen LogP contribution is 2.33. The molecule has 4 rings (SSSR count). The molecule has 6 nitrogen and oxygen atoms in total. The van der Waals surface area contributed by atoms with Crippen molar-refractivity contribution in [3.8, 4) is 0 Å². The normalized spacial score (nSPS) is 16.1. The lowest BCUT2D eigenvalue weighted by Gasteiger charge is -2.23. The van der Waals surface area contributed by atoms with E-state index in [-0.39, 0.29) is 39.5 Å². The van der Waals surface area contributed by atoms with Gasteiger partial charge in [0.1, 0.15) is 18.5 Å². The van der Waals surface area contributed by atoms with E-state index in [2.05, 4.69) is 4.99 Å². The van der Waals surface area contributed by atoms with Gasteiger partial charge in [-0.05, 0) is 36.6 Å². The molecule has 166 valence electrons. The monoisotopic (exact) mass is 492 g/mol. The summed E-state index contributed by atoms with van der Waals surface area (Å²) in [6, 6.07) is 7.33. The number of rotatable bonds is 6. The molecule has 0 saturated heterocycles. The average molecular weight is 493 g/mol. The smallest absolute Gasteiger partial charge is 0.338 e. The minimum atomic E-state index is -0.695. The van der Waals surface area contributed by atoms with Crippen LogP contribution in [0.4, 0.5) is 4.39 Å². The van der Waals surface area contributed by atoms with Crippen molar-refractivity contribution < 1.29 is 18.7 Å². The number of fused-ring (bicyclic) bond motifs is 1. The van der Waals surface area contributed by atoms with Crippen molar-refractivity contribution in [2.24, 2.45) is 4.99 Å². The Morgan fingerprint density at radius 1 is 1.31 bits per heavy atom. The molecule has 0 unspecified atom stereocenters. The van der Waals surface area contributed by atoms with Gasteiger partial charge in [0.25, 0.3) is 5.56 Å². The number of aromatic nitrogens is 1. The number of benzene rings is 1. The van der Waals surface area contributed by atoms with E-state index in [1.165, 1.54) is 41.2 Å². The molecule has 0 saturated carbocycles. The third-order valence-corrected chi connectivity index (χ3v) is 7.09. The Balaban J connectivity index is 1.89. The zero-order chi connectivity index (χ0) is 22.8. The minimum Gasteiger partial charge on any atom is -0.460 e. The van der Waals surface area contributed by atoms with Crippen LogP contribution >= 0.6 is 34.3 Å². The highest BCUT2D eigenvalue weighted by atomic mass is 35.5. The minimum absolute atomic E-state index is 0.0828. The summed E-state index contributed by atoms with van der Waals surface area (Å²) < 4.78 is 26.3. The summed E-state index contributed by atoms with van der Waals surface area (Å²) in [7, 11) is 1.51. The molecule has 10 heteroatoms. The van der Waals surface area contributed by atoms with Crippen LogP contribution in [0.1, 0.15) is 23.4 Å². The number of ether oxygens (including phenoxy) is 2. The topological polar surface area (TPSA) is 69.9 Å². The highest BCUT2D eigenvalue weighted by Gasteiger charge is 2.34. The van der Waals surface area contributed by atoms with Crippen molar-refractivity contribution >= 4 is 46.3 Å². The number of allylic oxidation sites excluding steroid dienone is 1. The quantitative estimate of drug-likeness (QED) is 0.391. The molecule has 1 aliphatic heterocycles. The standard InChI is InChI=1S/C22H18ClFN2O4S2/c1-12-18(21(28)30-9-8-29-2)19(16-7-4-10-31-16)26-20(27)17(32-22(26)25-12)11-13-14(23)5-3-6-15(13)24/h3-7,10-11,19H,8-9H2,1-2H3/b17-11+/t19-/m0/s1. The zero-order valence-corrected chi connectivity index (χ0v) is 19.5. The number of nitrogens with zero attached hydrogens (tertiary/aromatic N) is 2. The second-order valence-corrected chi connectivity index (χ2v) is 9.26. The third kappa shape index (κ3) is 4.21. The summed E-state index contributed by atoms with van der Waals surface area (Å²) in [5.74, 6) is -1.09. The lowest BCUT2D eigenvalue weighted by atomic mass is 10.0. The molecular weight excluding hydrogens is 475 g/mol. The van der Waals surface area contributed by atoms with Gasteiger partial charge in [0.2, 0.25) is 0 Å². The maximum Gasteiger partial charge on any atom is 0.338 e. The van der Waals surface area contributed by atoms with Crippen molar-refractivity contribution in [2.45, 2.75) is 13.0 Å². The molecule has 32 heavy (non-hydrogen) atoms. The first-order valence-corrected chi connectivity index (χ1v) is 11.7. The van der Waals surface area contributed by atoms with Crippen molar-refractivity contribution in [1.82, 2.24) is 4.57 Å². The van der Waals surface area contributed by atoms with Crippen LogP contribution in [0, 0.1) is 5.82 Å². The number of methoxy groups -OCH3 is 1. The number of hydrogen-bond donors (Lipinski definition) is 0. The molecule has 0 amide bonds. The Labute approximate surface area is 195 Å². The molecule has 3 aromatic rings. The van der Waals surface area contributed by atoms with Crippen LogP contribution in [-0.2, 0) is 14.3 Å². The third-order valence-electron chi connectivity index (χ3n) is 4.85. The molecule has 0 N–H and O–H groups in total. The SMILES string of the molecule is COCCOC(=O)C1=C(C)N=c2s/c(=C/c3c(F)cccc3Cl)c(=O)n2[C@H]1c1cccs1. The molecule has 2 aromatic heterocycles. The molecule has 0 radical (unpaired) electrons. The van der Waals surface area contributed by atoms with Crippen molar-refractivity contribution in [1.29, 1.82) is 0 Å². The predicted octanol–water partition coefficient (Wildman–Crippen LogP) is 3.28. The highest BCUT2D eigenvalue weighted by molar-refractivity contribution is 7.10. The van der Waals surface area contributed by atoms with Gasteiger partial charge in [-0.25, -0.2) is 14.2 Å². The van der Waals surface area contributed by atoms with Gasteiger partial charge in [0.05, 0.1) is 27.4 Å². The molecule has 0 aliphatic carbocycles. The summed E-state index contributed by atoms with van der Waals surface area (Å²) in [6.07, 6.45) is 1.42. The van der Waals surface area contributed by atoms with Gasteiger partial charge in [-0.1, -0.05) is 35.1 Å². The molecule has 1 atom stereocenters. The Kier molecular flexibility index (Phi) is 6.71. The largest absolute Gasteiger partial charge is 0.460 e. The number of carbonyl (C=O) groups is 1. The Morgan fingerprint density at radius 3 is 2.81 bits per heavy atom. The Hall–Kier alpha value is -2.59. The molecule has 1 aliphatic rings. The molecule has 3 heterocycles. The number of carbonyl (C=O) groups excluding carboxylic acids is 1. The van der Waals surface area contributed by atoms with E-state index in [0.29, 0.717) is 10.5 Å². The van der Waals surface area contributed by atoms with E-state index in [0.717, 1.165) is 16.2 Å². The van der Waals surface area contributed by atoms with Crippen LogP contribution in [-0.4, -0.2) is 30.9 Å². The lowest BCUT2D eigenvalue weighted by Crippen LogP contribution is -2.39. The van der Waals surface area contributed by atoms with E-state index >= 15 is 0 Å². The maximum atomic E-state index is 14.3. The van der Waals surface area contributed by atoms with E-state index in [9.17, 15) is 14.0 Å². The van der Waals surface area contributed by atoms with Gasteiger partial charge in [0, 0.05) is 17.6 Å². The molecule has 0 bridgehead atoms. The fourth-order valence-corrected chi connectivity index (χ4v) is 5.44. The first kappa shape index (κ1) is 22.6. The van der Waals surface area contributed by atoms with Crippen LogP contribution in [0.15, 0.2) is 56.8 Å². The van der Waals surface area contributed by atoms with Crippen LogP contribution < -0.4 is 14.9 Å². The second kappa shape index (κ2) is 9.50. The summed E-state index contributed by atoms with van der Waals surface area (Å²) in [6.45, 7) is 2.04. The average Bonchev–Trinajstić information content (AvgIpc) is 3.39. The van der Waals surface area contributed by atoms with Crippen LogP contribution in [0.25, 0.3) is 6.08 Å². The predicted molar refractivity (Wildman–Crippen MR) is 122 cm³/mol. The van der Waals surface area contributed by atoms with E-state index in [1.807, 2.05) is 17.5 Å². The fourth-order valence-electron chi connectivity index (χ4n) is 3.37. The number of thiophene rings is 1. The molecule has 0 fully saturated rings. The second-order valence-electron chi connectivity index (χ2n) is 6.86. The maximum absolute atomic E-state index is 14.3. The number of esters is 1. The fraction of sp³-hybridized carbons (Fsp3) is 0.227. The Bertz CT molecular complexity index is 1360. The van der Waals surface area contributed by atoms with Gasteiger partial charge < -0.3 is 9.47 Å². The summed E-state index contributed by atoms with van der Waals surface area (Å²) >= 11 is 8.67.